The van der Waals surface area contributed by atoms with E-state index in [1.165, 1.54) is 0 Å². The van der Waals surface area contributed by atoms with E-state index in [9.17, 15) is 9.59 Å². The van der Waals surface area contributed by atoms with Crippen LogP contribution in [-0.2, 0) is 4.74 Å². The number of hydrogen-bond acceptors (Lipinski definition) is 4. The van der Waals surface area contributed by atoms with Crippen molar-refractivity contribution in [2.75, 3.05) is 19.7 Å². The highest BCUT2D eigenvalue weighted by atomic mass is 16.5. The Bertz CT molecular complexity index is 639. The highest BCUT2D eigenvalue weighted by Crippen LogP contribution is 2.11. The number of imidazole rings is 1. The molecule has 0 aliphatic rings. The molecule has 0 atom stereocenters. The van der Waals surface area contributed by atoms with Crippen LogP contribution in [0.4, 0.5) is 4.79 Å². The highest BCUT2D eigenvalue weighted by Gasteiger charge is 2.07. The van der Waals surface area contributed by atoms with E-state index >= 15 is 0 Å². The number of nitrogens with one attached hydrogen (secondary N) is 3. The van der Waals surface area contributed by atoms with E-state index in [0.29, 0.717) is 25.3 Å². The lowest BCUT2D eigenvalue weighted by molar-refractivity contribution is 0.0952. The summed E-state index contributed by atoms with van der Waals surface area (Å²) >= 11 is 0. The van der Waals surface area contributed by atoms with Gasteiger partial charge in [0, 0.05) is 18.7 Å². The zero-order valence-electron chi connectivity index (χ0n) is 12.5. The predicted octanol–water partition coefficient (Wildman–Crippen LogP) is 1.82. The Morgan fingerprint density at radius 3 is 2.91 bits per heavy atom. The summed E-state index contributed by atoms with van der Waals surface area (Å²) in [6.07, 6.45) is 2.95. The van der Waals surface area contributed by atoms with E-state index < -0.39 is 6.09 Å². The lowest BCUT2D eigenvalue weighted by atomic mass is 10.2. The van der Waals surface area contributed by atoms with Crippen LogP contribution in [-0.4, -0.2) is 41.7 Å². The summed E-state index contributed by atoms with van der Waals surface area (Å²) in [5.41, 5.74) is 2.17. The first kappa shape index (κ1) is 15.8. The topological polar surface area (TPSA) is 96.1 Å². The third-order valence-electron chi connectivity index (χ3n) is 3.09. The first-order valence-electron chi connectivity index (χ1n) is 7.32. The summed E-state index contributed by atoms with van der Waals surface area (Å²) in [5, 5.41) is 5.32. The molecule has 0 saturated heterocycles. The summed E-state index contributed by atoms with van der Waals surface area (Å²) in [7, 11) is 0. The van der Waals surface area contributed by atoms with E-state index in [1.807, 2.05) is 6.92 Å². The minimum atomic E-state index is -0.457. The number of benzene rings is 1. The second kappa shape index (κ2) is 8.02. The van der Waals surface area contributed by atoms with Crippen molar-refractivity contribution in [2.45, 2.75) is 19.8 Å². The van der Waals surface area contributed by atoms with Crippen LogP contribution < -0.4 is 10.6 Å². The number of unbranched alkanes of at least 4 members (excludes halogenated alkanes) is 1. The molecule has 0 fully saturated rings. The molecule has 0 aliphatic carbocycles. The molecule has 0 saturated carbocycles. The van der Waals surface area contributed by atoms with Crippen LogP contribution in [0, 0.1) is 0 Å². The number of hydrogen-bond donors (Lipinski definition) is 3. The van der Waals surface area contributed by atoms with Gasteiger partial charge in [-0.1, -0.05) is 13.3 Å². The van der Waals surface area contributed by atoms with Crippen LogP contribution in [0.25, 0.3) is 11.0 Å². The van der Waals surface area contributed by atoms with Gasteiger partial charge in [-0.25, -0.2) is 9.78 Å². The Balaban J connectivity index is 1.70. The van der Waals surface area contributed by atoms with Gasteiger partial charge >= 0.3 is 6.09 Å². The lowest BCUT2D eigenvalue weighted by Crippen LogP contribution is -2.35. The quantitative estimate of drug-likeness (QED) is 0.680. The lowest BCUT2D eigenvalue weighted by Gasteiger charge is -2.08. The van der Waals surface area contributed by atoms with Crippen molar-refractivity contribution < 1.29 is 14.3 Å². The first-order valence-corrected chi connectivity index (χ1v) is 7.32. The molecule has 0 radical (unpaired) electrons. The molecule has 1 aromatic carbocycles. The van der Waals surface area contributed by atoms with Crippen molar-refractivity contribution in [3.63, 3.8) is 0 Å². The number of fused-ring (bicyclic) bond motifs is 1. The Morgan fingerprint density at radius 1 is 1.27 bits per heavy atom. The van der Waals surface area contributed by atoms with Crippen molar-refractivity contribution >= 4 is 23.0 Å². The molecule has 22 heavy (non-hydrogen) atoms. The number of aromatic amines is 1. The summed E-state index contributed by atoms with van der Waals surface area (Å²) in [4.78, 5) is 30.3. The van der Waals surface area contributed by atoms with Gasteiger partial charge in [0.2, 0.25) is 0 Å². The Kier molecular flexibility index (Phi) is 5.76. The third-order valence-corrected chi connectivity index (χ3v) is 3.09. The number of aromatic nitrogens is 2. The summed E-state index contributed by atoms with van der Waals surface area (Å²) < 4.78 is 4.94. The zero-order valence-corrected chi connectivity index (χ0v) is 12.5. The predicted molar refractivity (Wildman–Crippen MR) is 82.7 cm³/mol. The molecule has 2 aromatic rings. The van der Waals surface area contributed by atoms with Crippen molar-refractivity contribution in [3.05, 3.63) is 30.1 Å². The van der Waals surface area contributed by atoms with E-state index in [2.05, 4.69) is 20.6 Å². The van der Waals surface area contributed by atoms with Gasteiger partial charge < -0.3 is 20.4 Å². The fourth-order valence-electron chi connectivity index (χ4n) is 1.88. The fraction of sp³-hybridized carbons (Fsp3) is 0.400. The average molecular weight is 304 g/mol. The SMILES string of the molecule is CCCCOC(=O)NCCNC(=O)c1ccc2nc[nH]c2c1. The van der Waals surface area contributed by atoms with Crippen molar-refractivity contribution in [1.29, 1.82) is 0 Å². The average Bonchev–Trinajstić information content (AvgIpc) is 2.99. The number of rotatable bonds is 7. The van der Waals surface area contributed by atoms with E-state index in [4.69, 9.17) is 4.74 Å². The summed E-state index contributed by atoms with van der Waals surface area (Å²) in [5.74, 6) is -0.197. The number of carbonyl (C=O) groups excluding carboxylic acids is 2. The molecule has 3 N–H and O–H groups in total. The highest BCUT2D eigenvalue weighted by molar-refractivity contribution is 5.97. The Morgan fingerprint density at radius 2 is 2.09 bits per heavy atom. The van der Waals surface area contributed by atoms with Crippen molar-refractivity contribution in [3.8, 4) is 0 Å². The van der Waals surface area contributed by atoms with Crippen LogP contribution in [0.2, 0.25) is 0 Å². The molecule has 7 heteroatoms. The minimum Gasteiger partial charge on any atom is -0.450 e. The van der Waals surface area contributed by atoms with Crippen LogP contribution >= 0.6 is 0 Å². The molecule has 118 valence electrons. The molecule has 0 aliphatic heterocycles. The van der Waals surface area contributed by atoms with Crippen LogP contribution in [0.15, 0.2) is 24.5 Å². The molecular weight excluding hydrogens is 284 g/mol. The molecule has 1 heterocycles. The Hall–Kier alpha value is -2.57. The standard InChI is InChI=1S/C15H20N4O3/c1-2-3-8-22-15(21)17-7-6-16-14(20)11-4-5-12-13(9-11)19-10-18-12/h4-5,9-10H,2-3,6-8H2,1H3,(H,16,20)(H,17,21)(H,18,19). The van der Waals surface area contributed by atoms with E-state index in [0.717, 1.165) is 23.9 Å². The minimum absolute atomic E-state index is 0.197. The van der Waals surface area contributed by atoms with Crippen LogP contribution in [0.1, 0.15) is 30.1 Å². The van der Waals surface area contributed by atoms with Gasteiger partial charge in [0.15, 0.2) is 0 Å². The van der Waals surface area contributed by atoms with Crippen LogP contribution in [0.3, 0.4) is 0 Å². The number of amides is 2. The van der Waals surface area contributed by atoms with Gasteiger partial charge in [-0.2, -0.15) is 0 Å². The van der Waals surface area contributed by atoms with E-state index in [1.54, 1.807) is 24.5 Å². The summed E-state index contributed by atoms with van der Waals surface area (Å²) in [6.45, 7) is 3.10. The fourth-order valence-corrected chi connectivity index (χ4v) is 1.88. The molecule has 7 nitrogen and oxygen atoms in total. The smallest absolute Gasteiger partial charge is 0.407 e. The zero-order chi connectivity index (χ0) is 15.8. The van der Waals surface area contributed by atoms with Gasteiger partial charge in [-0.05, 0) is 24.6 Å². The second-order valence-electron chi connectivity index (χ2n) is 4.81. The number of ether oxygens (including phenoxy) is 1. The van der Waals surface area contributed by atoms with Gasteiger partial charge in [0.1, 0.15) is 0 Å². The molecule has 2 rings (SSSR count). The largest absolute Gasteiger partial charge is 0.450 e. The van der Waals surface area contributed by atoms with Gasteiger partial charge in [0.25, 0.3) is 5.91 Å². The third kappa shape index (κ3) is 4.47. The molecular formula is C15H20N4O3. The maximum atomic E-state index is 12.0. The number of carbonyl (C=O) groups is 2. The molecule has 0 unspecified atom stereocenters. The molecule has 0 spiro atoms. The Labute approximate surface area is 128 Å². The van der Waals surface area contributed by atoms with E-state index in [-0.39, 0.29) is 5.91 Å². The van der Waals surface area contributed by atoms with Crippen LogP contribution in [0.5, 0.6) is 0 Å². The van der Waals surface area contributed by atoms with Crippen molar-refractivity contribution in [2.24, 2.45) is 0 Å². The summed E-state index contributed by atoms with van der Waals surface area (Å²) in [6, 6.07) is 5.24. The maximum Gasteiger partial charge on any atom is 0.407 e. The first-order chi connectivity index (χ1) is 10.7. The number of nitrogens with zero attached hydrogens (tertiary/aromatic N) is 1. The second-order valence-corrected chi connectivity index (χ2v) is 4.81. The monoisotopic (exact) mass is 304 g/mol. The number of H-pyrrole nitrogens is 1. The molecule has 2 amide bonds. The van der Waals surface area contributed by atoms with Gasteiger partial charge in [-0.3, -0.25) is 4.79 Å². The normalized spacial score (nSPS) is 10.4. The van der Waals surface area contributed by atoms with Crippen molar-refractivity contribution in [1.82, 2.24) is 20.6 Å². The maximum absolute atomic E-state index is 12.0. The molecule has 0 bridgehead atoms. The number of alkyl carbamates (subject to hydrolysis) is 1. The van der Waals surface area contributed by atoms with Gasteiger partial charge in [-0.15, -0.1) is 0 Å². The molecule has 1 aromatic heterocycles. The van der Waals surface area contributed by atoms with Gasteiger partial charge in [0.05, 0.1) is 24.0 Å².